The third-order valence-electron chi connectivity index (χ3n) is 4.06. The minimum absolute atomic E-state index is 0.147. The molecule has 0 bridgehead atoms. The summed E-state index contributed by atoms with van der Waals surface area (Å²) in [5, 5.41) is 11.9. The third kappa shape index (κ3) is 4.35. The number of aliphatic hydroxyl groups is 1. The van der Waals surface area contributed by atoms with Crippen LogP contribution in [0.2, 0.25) is 0 Å². The van der Waals surface area contributed by atoms with E-state index in [4.69, 9.17) is 0 Å². The maximum Gasteiger partial charge on any atom is 0.416 e. The predicted octanol–water partition coefficient (Wildman–Crippen LogP) is 5.12. The topological polar surface area (TPSA) is 49.3 Å². The first-order valence-corrected chi connectivity index (χ1v) is 8.16. The Labute approximate surface area is 154 Å². The summed E-state index contributed by atoms with van der Waals surface area (Å²) in [4.78, 5) is 12.7. The SMILES string of the molecule is O=C(Nc1cccc(CO)c1)c1ccccc1-c1ccc(C(F)(F)F)cc1. The van der Waals surface area contributed by atoms with Gasteiger partial charge in [-0.3, -0.25) is 4.79 Å². The largest absolute Gasteiger partial charge is 0.416 e. The van der Waals surface area contributed by atoms with Crippen LogP contribution in [0.5, 0.6) is 0 Å². The summed E-state index contributed by atoms with van der Waals surface area (Å²) in [5.41, 5.74) is 1.82. The molecule has 0 unspecified atom stereocenters. The van der Waals surface area contributed by atoms with E-state index in [1.54, 1.807) is 48.5 Å². The molecule has 0 heterocycles. The average molecular weight is 371 g/mol. The molecule has 3 aromatic carbocycles. The van der Waals surface area contributed by atoms with E-state index >= 15 is 0 Å². The van der Waals surface area contributed by atoms with Gasteiger partial charge in [-0.25, -0.2) is 0 Å². The van der Waals surface area contributed by atoms with Crippen molar-refractivity contribution in [2.24, 2.45) is 0 Å². The zero-order chi connectivity index (χ0) is 19.4. The number of halogens is 3. The highest BCUT2D eigenvalue weighted by molar-refractivity contribution is 6.08. The van der Waals surface area contributed by atoms with Gasteiger partial charge in [0.15, 0.2) is 0 Å². The van der Waals surface area contributed by atoms with Gasteiger partial charge in [-0.15, -0.1) is 0 Å². The molecule has 0 saturated heterocycles. The number of rotatable bonds is 4. The molecule has 0 aliphatic heterocycles. The number of carbonyl (C=O) groups is 1. The molecule has 6 heteroatoms. The normalized spacial score (nSPS) is 11.3. The smallest absolute Gasteiger partial charge is 0.392 e. The van der Waals surface area contributed by atoms with E-state index in [9.17, 15) is 23.1 Å². The van der Waals surface area contributed by atoms with Crippen molar-refractivity contribution in [2.75, 3.05) is 5.32 Å². The molecule has 0 radical (unpaired) electrons. The van der Waals surface area contributed by atoms with Gasteiger partial charge in [-0.1, -0.05) is 42.5 Å². The number of nitrogens with one attached hydrogen (secondary N) is 1. The Kier molecular flexibility index (Phi) is 5.28. The lowest BCUT2D eigenvalue weighted by Gasteiger charge is -2.12. The maximum atomic E-state index is 12.8. The first kappa shape index (κ1) is 18.7. The van der Waals surface area contributed by atoms with Gasteiger partial charge in [-0.05, 0) is 47.0 Å². The molecule has 3 rings (SSSR count). The molecule has 0 atom stereocenters. The molecular weight excluding hydrogens is 355 g/mol. The number of hydrogen-bond donors (Lipinski definition) is 2. The van der Waals surface area contributed by atoms with E-state index in [1.807, 2.05) is 0 Å². The predicted molar refractivity (Wildman–Crippen MR) is 97.2 cm³/mol. The highest BCUT2D eigenvalue weighted by atomic mass is 19.4. The van der Waals surface area contributed by atoms with Crippen molar-refractivity contribution in [1.29, 1.82) is 0 Å². The van der Waals surface area contributed by atoms with Crippen LogP contribution in [0.15, 0.2) is 72.8 Å². The van der Waals surface area contributed by atoms with E-state index in [1.165, 1.54) is 12.1 Å². The molecule has 0 fully saturated rings. The molecule has 0 saturated carbocycles. The molecule has 0 spiro atoms. The maximum absolute atomic E-state index is 12.8. The molecule has 0 aromatic heterocycles. The first-order chi connectivity index (χ1) is 12.9. The van der Waals surface area contributed by atoms with Gasteiger partial charge in [0.25, 0.3) is 5.91 Å². The molecule has 3 nitrogen and oxygen atoms in total. The highest BCUT2D eigenvalue weighted by Crippen LogP contribution is 2.32. The van der Waals surface area contributed by atoms with Crippen molar-refractivity contribution in [3.8, 4) is 11.1 Å². The van der Waals surface area contributed by atoms with Crippen LogP contribution < -0.4 is 5.32 Å². The van der Waals surface area contributed by atoms with Gasteiger partial charge in [0.2, 0.25) is 0 Å². The van der Waals surface area contributed by atoms with Crippen LogP contribution in [0.1, 0.15) is 21.5 Å². The number of alkyl halides is 3. The Bertz CT molecular complexity index is 950. The van der Waals surface area contributed by atoms with Crippen LogP contribution in [0.3, 0.4) is 0 Å². The fraction of sp³-hybridized carbons (Fsp3) is 0.0952. The van der Waals surface area contributed by atoms with Gasteiger partial charge in [0.1, 0.15) is 0 Å². The number of aliphatic hydroxyl groups excluding tert-OH is 1. The minimum atomic E-state index is -4.41. The van der Waals surface area contributed by atoms with E-state index in [0.29, 0.717) is 27.9 Å². The summed E-state index contributed by atoms with van der Waals surface area (Å²) in [6, 6.07) is 18.2. The monoisotopic (exact) mass is 371 g/mol. The van der Waals surface area contributed by atoms with Crippen LogP contribution in [-0.2, 0) is 12.8 Å². The Morgan fingerprint density at radius 2 is 1.63 bits per heavy atom. The lowest BCUT2D eigenvalue weighted by molar-refractivity contribution is -0.137. The van der Waals surface area contributed by atoms with Crippen molar-refractivity contribution in [1.82, 2.24) is 0 Å². The van der Waals surface area contributed by atoms with Crippen molar-refractivity contribution in [3.63, 3.8) is 0 Å². The number of carbonyl (C=O) groups excluding carboxylic acids is 1. The number of anilines is 1. The third-order valence-corrected chi connectivity index (χ3v) is 4.06. The second kappa shape index (κ2) is 7.63. The Balaban J connectivity index is 1.90. The van der Waals surface area contributed by atoms with Crippen molar-refractivity contribution in [2.45, 2.75) is 12.8 Å². The quantitative estimate of drug-likeness (QED) is 0.669. The van der Waals surface area contributed by atoms with Crippen LogP contribution in [0.25, 0.3) is 11.1 Å². The fourth-order valence-corrected chi connectivity index (χ4v) is 2.72. The van der Waals surface area contributed by atoms with Crippen molar-refractivity contribution in [3.05, 3.63) is 89.5 Å². The summed E-state index contributed by atoms with van der Waals surface area (Å²) in [6.45, 7) is -0.147. The number of benzene rings is 3. The van der Waals surface area contributed by atoms with Crippen molar-refractivity contribution >= 4 is 11.6 Å². The lowest BCUT2D eigenvalue weighted by atomic mass is 9.98. The van der Waals surface area contributed by atoms with Gasteiger partial charge in [-0.2, -0.15) is 13.2 Å². The van der Waals surface area contributed by atoms with Crippen LogP contribution in [0.4, 0.5) is 18.9 Å². The molecule has 1 amide bonds. The summed E-state index contributed by atoms with van der Waals surface area (Å²) >= 11 is 0. The van der Waals surface area contributed by atoms with E-state index in [-0.39, 0.29) is 12.5 Å². The number of hydrogen-bond acceptors (Lipinski definition) is 2. The Morgan fingerprint density at radius 1 is 0.926 bits per heavy atom. The molecular formula is C21H16F3NO2. The van der Waals surface area contributed by atoms with Gasteiger partial charge < -0.3 is 10.4 Å². The van der Waals surface area contributed by atoms with Gasteiger partial charge >= 0.3 is 6.18 Å². The van der Waals surface area contributed by atoms with Crippen LogP contribution in [-0.4, -0.2) is 11.0 Å². The molecule has 2 N–H and O–H groups in total. The minimum Gasteiger partial charge on any atom is -0.392 e. The summed E-state index contributed by atoms with van der Waals surface area (Å²) in [5.74, 6) is -0.388. The van der Waals surface area contributed by atoms with E-state index in [0.717, 1.165) is 12.1 Å². The fourth-order valence-electron chi connectivity index (χ4n) is 2.72. The first-order valence-electron chi connectivity index (χ1n) is 8.16. The zero-order valence-corrected chi connectivity index (χ0v) is 14.1. The average Bonchev–Trinajstić information content (AvgIpc) is 2.67. The summed E-state index contributed by atoms with van der Waals surface area (Å²) < 4.78 is 38.3. The van der Waals surface area contributed by atoms with Gasteiger partial charge in [0.05, 0.1) is 12.2 Å². The lowest BCUT2D eigenvalue weighted by Crippen LogP contribution is -2.13. The number of amides is 1. The molecule has 0 aliphatic rings. The van der Waals surface area contributed by atoms with E-state index in [2.05, 4.69) is 5.32 Å². The Hall–Kier alpha value is -3.12. The summed E-state index contributed by atoms with van der Waals surface area (Å²) in [7, 11) is 0. The van der Waals surface area contributed by atoms with Crippen LogP contribution >= 0.6 is 0 Å². The second-order valence-corrected chi connectivity index (χ2v) is 5.93. The summed E-state index contributed by atoms with van der Waals surface area (Å²) in [6.07, 6.45) is -4.41. The standard InChI is InChI=1S/C21H16F3NO2/c22-21(23,24)16-10-8-15(9-11-16)18-6-1-2-7-19(18)20(27)25-17-5-3-4-14(12-17)13-26/h1-12,26H,13H2,(H,25,27). The zero-order valence-electron chi connectivity index (χ0n) is 14.1. The molecule has 0 aliphatic carbocycles. The van der Waals surface area contributed by atoms with Crippen molar-refractivity contribution < 1.29 is 23.1 Å². The molecule has 138 valence electrons. The van der Waals surface area contributed by atoms with E-state index < -0.39 is 11.7 Å². The highest BCUT2D eigenvalue weighted by Gasteiger charge is 2.30. The molecule has 3 aromatic rings. The second-order valence-electron chi connectivity index (χ2n) is 5.93. The van der Waals surface area contributed by atoms with Gasteiger partial charge in [0, 0.05) is 11.3 Å². The molecule has 27 heavy (non-hydrogen) atoms. The van der Waals surface area contributed by atoms with Crippen LogP contribution in [0, 0.1) is 0 Å². The Morgan fingerprint density at radius 3 is 2.30 bits per heavy atom.